The van der Waals surface area contributed by atoms with Crippen LogP contribution in [-0.2, 0) is 16.0 Å². The molecule has 1 heterocycles. The summed E-state index contributed by atoms with van der Waals surface area (Å²) in [4.78, 5) is 29.6. The summed E-state index contributed by atoms with van der Waals surface area (Å²) in [7, 11) is 1.45. The fourth-order valence-corrected chi connectivity index (χ4v) is 3.96. The van der Waals surface area contributed by atoms with Gasteiger partial charge in [0.1, 0.15) is 12.6 Å². The van der Waals surface area contributed by atoms with E-state index in [-0.39, 0.29) is 18.9 Å². The van der Waals surface area contributed by atoms with E-state index in [4.69, 9.17) is 4.74 Å². The van der Waals surface area contributed by atoms with Crippen LogP contribution in [0.1, 0.15) is 22.6 Å². The van der Waals surface area contributed by atoms with Crippen LogP contribution in [0.25, 0.3) is 11.1 Å². The molecule has 0 fully saturated rings. The number of nitrogens with zero attached hydrogens (tertiary/aromatic N) is 2. The number of carbonyl (C=O) groups excluding carboxylic acids is 1. The standard InChI is InChI=1S/C24H22N2O4/c1-26(22(23(27)28)13-16-7-6-12-25-14-16)24(29)30-15-21-19-10-4-2-8-17(19)18-9-3-5-11-20(18)21/h2-12,14,21-22H,13,15H2,1H3,(H,27,28)/t22-/m1/s1. The van der Waals surface area contributed by atoms with Crippen molar-refractivity contribution in [2.75, 3.05) is 13.7 Å². The Morgan fingerprint density at radius 2 is 1.67 bits per heavy atom. The summed E-state index contributed by atoms with van der Waals surface area (Å²) < 4.78 is 5.58. The summed E-state index contributed by atoms with van der Waals surface area (Å²) in [5, 5.41) is 9.62. The van der Waals surface area contributed by atoms with Gasteiger partial charge in [0.05, 0.1) is 0 Å². The van der Waals surface area contributed by atoms with Crippen molar-refractivity contribution >= 4 is 12.1 Å². The van der Waals surface area contributed by atoms with Gasteiger partial charge in [-0.05, 0) is 33.9 Å². The van der Waals surface area contributed by atoms with E-state index in [1.165, 1.54) is 7.05 Å². The Hall–Kier alpha value is -3.67. The Morgan fingerprint density at radius 1 is 1.03 bits per heavy atom. The minimum absolute atomic E-state index is 0.0728. The maximum Gasteiger partial charge on any atom is 0.410 e. The lowest BCUT2D eigenvalue weighted by atomic mass is 9.98. The smallest absolute Gasteiger partial charge is 0.410 e. The van der Waals surface area contributed by atoms with Gasteiger partial charge in [-0.3, -0.25) is 9.88 Å². The highest BCUT2D eigenvalue weighted by atomic mass is 16.6. The molecule has 3 aromatic rings. The molecule has 6 nitrogen and oxygen atoms in total. The molecule has 6 heteroatoms. The highest BCUT2D eigenvalue weighted by Crippen LogP contribution is 2.44. The minimum atomic E-state index is -1.09. The third-order valence-corrected chi connectivity index (χ3v) is 5.53. The number of carboxylic acid groups (broad SMARTS) is 1. The number of rotatable bonds is 6. The molecule has 0 saturated heterocycles. The van der Waals surface area contributed by atoms with E-state index in [1.807, 2.05) is 36.4 Å². The zero-order valence-electron chi connectivity index (χ0n) is 16.6. The number of hydrogen-bond donors (Lipinski definition) is 1. The third kappa shape index (κ3) is 3.76. The average Bonchev–Trinajstić information content (AvgIpc) is 3.09. The van der Waals surface area contributed by atoms with E-state index >= 15 is 0 Å². The summed E-state index contributed by atoms with van der Waals surface area (Å²) in [6.45, 7) is 0.149. The second-order valence-corrected chi connectivity index (χ2v) is 7.33. The van der Waals surface area contributed by atoms with Crippen molar-refractivity contribution in [1.29, 1.82) is 0 Å². The largest absolute Gasteiger partial charge is 0.480 e. The fourth-order valence-electron chi connectivity index (χ4n) is 3.96. The highest BCUT2D eigenvalue weighted by Gasteiger charge is 2.32. The van der Waals surface area contributed by atoms with Crippen LogP contribution in [0.2, 0.25) is 0 Å². The maximum atomic E-state index is 12.7. The molecule has 1 amide bonds. The topological polar surface area (TPSA) is 79.7 Å². The first-order valence-electron chi connectivity index (χ1n) is 9.75. The van der Waals surface area contributed by atoms with Crippen LogP contribution >= 0.6 is 0 Å². The van der Waals surface area contributed by atoms with Crippen molar-refractivity contribution in [2.24, 2.45) is 0 Å². The second kappa shape index (κ2) is 8.37. The van der Waals surface area contributed by atoms with Gasteiger partial charge in [0.2, 0.25) is 0 Å². The first kappa shape index (κ1) is 19.6. The molecule has 0 spiro atoms. The monoisotopic (exact) mass is 402 g/mol. The van der Waals surface area contributed by atoms with E-state index in [2.05, 4.69) is 17.1 Å². The van der Waals surface area contributed by atoms with E-state index in [0.717, 1.165) is 32.7 Å². The molecule has 0 aliphatic heterocycles. The number of likely N-dealkylation sites (N-methyl/N-ethyl adjacent to an activating group) is 1. The molecule has 0 unspecified atom stereocenters. The first-order chi connectivity index (χ1) is 14.6. The number of amides is 1. The summed E-state index contributed by atoms with van der Waals surface area (Å²) in [6, 6.07) is 18.6. The maximum absolute atomic E-state index is 12.7. The second-order valence-electron chi connectivity index (χ2n) is 7.33. The van der Waals surface area contributed by atoms with Gasteiger partial charge < -0.3 is 9.84 Å². The van der Waals surface area contributed by atoms with Crippen molar-refractivity contribution in [2.45, 2.75) is 18.4 Å². The Balaban J connectivity index is 1.48. The quantitative estimate of drug-likeness (QED) is 0.675. The predicted molar refractivity (Wildman–Crippen MR) is 112 cm³/mol. The van der Waals surface area contributed by atoms with Crippen molar-refractivity contribution in [1.82, 2.24) is 9.88 Å². The van der Waals surface area contributed by atoms with E-state index in [9.17, 15) is 14.7 Å². The number of carboxylic acids is 1. The number of carbonyl (C=O) groups is 2. The molecule has 4 rings (SSSR count). The molecule has 1 atom stereocenters. The zero-order chi connectivity index (χ0) is 21.1. The number of pyridine rings is 1. The van der Waals surface area contributed by atoms with Crippen LogP contribution < -0.4 is 0 Å². The van der Waals surface area contributed by atoms with Crippen molar-refractivity contribution in [3.8, 4) is 11.1 Å². The van der Waals surface area contributed by atoms with Crippen LogP contribution in [0.3, 0.4) is 0 Å². The van der Waals surface area contributed by atoms with Gasteiger partial charge in [-0.2, -0.15) is 0 Å². The fraction of sp³-hybridized carbons (Fsp3) is 0.208. The molecule has 1 aliphatic carbocycles. The number of ether oxygens (including phenoxy) is 1. The van der Waals surface area contributed by atoms with Gasteiger partial charge in [-0.1, -0.05) is 54.6 Å². The number of aliphatic carboxylic acids is 1. The Kier molecular flexibility index (Phi) is 5.48. The molecule has 1 aromatic heterocycles. The summed E-state index contributed by atoms with van der Waals surface area (Å²) in [5.74, 6) is -1.16. The summed E-state index contributed by atoms with van der Waals surface area (Å²) in [5.41, 5.74) is 5.24. The van der Waals surface area contributed by atoms with Crippen molar-refractivity contribution < 1.29 is 19.4 Å². The van der Waals surface area contributed by atoms with Crippen LogP contribution in [0.5, 0.6) is 0 Å². The molecule has 0 radical (unpaired) electrons. The Labute approximate surface area is 174 Å². The van der Waals surface area contributed by atoms with Crippen LogP contribution in [0.15, 0.2) is 73.1 Å². The molecular weight excluding hydrogens is 380 g/mol. The van der Waals surface area contributed by atoms with E-state index < -0.39 is 18.1 Å². The van der Waals surface area contributed by atoms with Gasteiger partial charge in [0.25, 0.3) is 0 Å². The average molecular weight is 402 g/mol. The van der Waals surface area contributed by atoms with E-state index in [0.29, 0.717) is 0 Å². The lowest BCUT2D eigenvalue weighted by Crippen LogP contribution is -2.44. The number of benzene rings is 2. The zero-order valence-corrected chi connectivity index (χ0v) is 16.6. The lowest BCUT2D eigenvalue weighted by Gasteiger charge is -2.25. The molecule has 30 heavy (non-hydrogen) atoms. The molecule has 0 saturated carbocycles. The first-order valence-corrected chi connectivity index (χ1v) is 9.75. The Bertz CT molecular complexity index is 1020. The molecule has 0 bridgehead atoms. The van der Waals surface area contributed by atoms with Crippen molar-refractivity contribution in [3.63, 3.8) is 0 Å². The summed E-state index contributed by atoms with van der Waals surface area (Å²) >= 11 is 0. The predicted octanol–water partition coefficient (Wildman–Crippen LogP) is 3.96. The number of aromatic nitrogens is 1. The molecule has 152 valence electrons. The van der Waals surface area contributed by atoms with Crippen LogP contribution in [0, 0.1) is 0 Å². The van der Waals surface area contributed by atoms with Crippen molar-refractivity contribution in [3.05, 3.63) is 89.7 Å². The normalized spacial score (nSPS) is 13.2. The van der Waals surface area contributed by atoms with Crippen LogP contribution in [0.4, 0.5) is 4.79 Å². The van der Waals surface area contributed by atoms with Gasteiger partial charge >= 0.3 is 12.1 Å². The SMILES string of the molecule is CN(C(=O)OCC1c2ccccc2-c2ccccc21)[C@H](Cc1cccnc1)C(=O)O. The molecule has 2 aromatic carbocycles. The molecule has 1 aliphatic rings. The van der Waals surface area contributed by atoms with Gasteiger partial charge in [-0.25, -0.2) is 9.59 Å². The van der Waals surface area contributed by atoms with Gasteiger partial charge in [-0.15, -0.1) is 0 Å². The highest BCUT2D eigenvalue weighted by molar-refractivity contribution is 5.81. The van der Waals surface area contributed by atoms with Gasteiger partial charge in [0, 0.05) is 31.8 Å². The summed E-state index contributed by atoms with van der Waals surface area (Å²) in [6.07, 6.45) is 2.72. The van der Waals surface area contributed by atoms with Crippen LogP contribution in [-0.4, -0.2) is 46.7 Å². The molecular formula is C24H22N2O4. The van der Waals surface area contributed by atoms with Gasteiger partial charge in [0.15, 0.2) is 0 Å². The minimum Gasteiger partial charge on any atom is -0.480 e. The molecule has 1 N–H and O–H groups in total. The Morgan fingerprint density at radius 3 is 2.23 bits per heavy atom. The number of hydrogen-bond acceptors (Lipinski definition) is 4. The third-order valence-electron chi connectivity index (χ3n) is 5.53. The number of fused-ring (bicyclic) bond motifs is 3. The lowest BCUT2D eigenvalue weighted by molar-refractivity contribution is -0.142. The van der Waals surface area contributed by atoms with E-state index in [1.54, 1.807) is 24.5 Å².